The van der Waals surface area contributed by atoms with Crippen LogP contribution in [0.1, 0.15) is 0 Å². The molecule has 0 heterocycles. The molecule has 13 N–H and O–H groups in total. The Bertz CT molecular complexity index is 11.2. The zero-order valence-electron chi connectivity index (χ0n) is 4.32. The van der Waals surface area contributed by atoms with Crippen LogP contribution in [0.25, 0.3) is 0 Å². The molecule has 0 aromatic rings. The molecule has 0 aliphatic heterocycles. The number of rotatable bonds is 0. The van der Waals surface area contributed by atoms with E-state index < -0.39 is 0 Å². The molecule has 0 amide bonds. The van der Waals surface area contributed by atoms with Crippen LogP contribution in [-0.2, 0) is 17.4 Å². The monoisotopic (exact) mass is 171 g/mol. The standard InChI is InChI=1S/Cr.3H3N.2H2O2/c;;;;2*1-2/h;3*1H3;2*1-2H/q+3;;;;;. The van der Waals surface area contributed by atoms with Crippen LogP contribution in [-0.4, -0.2) is 21.0 Å². The molecule has 0 rings (SSSR count). The van der Waals surface area contributed by atoms with Gasteiger partial charge in [0, 0.05) is 0 Å². The molecule has 8 heavy (non-hydrogen) atoms. The minimum absolute atomic E-state index is 0. The first-order chi connectivity index (χ1) is 2.00. The third-order valence-corrected chi connectivity index (χ3v) is 0. The molecule has 0 saturated heterocycles. The van der Waals surface area contributed by atoms with Crippen LogP contribution < -0.4 is 18.5 Å². The van der Waals surface area contributed by atoms with Crippen molar-refractivity contribution in [3.63, 3.8) is 0 Å². The Morgan fingerprint density at radius 3 is 0.500 bits per heavy atom. The Balaban J connectivity index is -0.00000000167. The summed E-state index contributed by atoms with van der Waals surface area (Å²) in [6.07, 6.45) is 0. The molecular weight excluding hydrogens is 158 g/mol. The molecule has 0 fully saturated rings. The van der Waals surface area contributed by atoms with Gasteiger partial charge in [-0.25, -0.2) is 0 Å². The summed E-state index contributed by atoms with van der Waals surface area (Å²) in [5, 5.41) is 24.0. The first-order valence-corrected chi connectivity index (χ1v) is 0.400. The molecule has 55 valence electrons. The van der Waals surface area contributed by atoms with Gasteiger partial charge in [0.25, 0.3) is 0 Å². The van der Waals surface area contributed by atoms with Crippen molar-refractivity contribution in [3.05, 3.63) is 0 Å². The largest absolute Gasteiger partial charge is 3.00 e. The minimum atomic E-state index is 0. The summed E-state index contributed by atoms with van der Waals surface area (Å²) in [5.74, 6) is 0. The maximum atomic E-state index is 6.00. The average Bonchev–Trinajstić information content (AvgIpc) is 1.50. The van der Waals surface area contributed by atoms with Gasteiger partial charge in [-0.05, 0) is 0 Å². The number of hydrogen-bond acceptors (Lipinski definition) is 7. The number of hydrogen-bond donors (Lipinski definition) is 7. The van der Waals surface area contributed by atoms with Crippen LogP contribution in [0.4, 0.5) is 0 Å². The van der Waals surface area contributed by atoms with E-state index in [0.29, 0.717) is 0 Å². The van der Waals surface area contributed by atoms with Gasteiger partial charge in [-0.2, -0.15) is 0 Å². The fraction of sp³-hybridized carbons (Fsp3) is 0. The van der Waals surface area contributed by atoms with E-state index in [1.165, 1.54) is 0 Å². The van der Waals surface area contributed by atoms with E-state index in [1.54, 1.807) is 0 Å². The summed E-state index contributed by atoms with van der Waals surface area (Å²) < 4.78 is 0. The normalized spacial score (nSPS) is 1.50. The first kappa shape index (κ1) is 85.6. The fourth-order valence-electron chi connectivity index (χ4n) is 0. The van der Waals surface area contributed by atoms with Crippen molar-refractivity contribution in [2.24, 2.45) is 0 Å². The zero-order chi connectivity index (χ0) is 4.00. The summed E-state index contributed by atoms with van der Waals surface area (Å²) >= 11 is 0. The van der Waals surface area contributed by atoms with E-state index in [4.69, 9.17) is 21.0 Å². The molecule has 0 saturated carbocycles. The molecular formula is H13CrN3O4+3. The van der Waals surface area contributed by atoms with Gasteiger partial charge in [-0.1, -0.05) is 0 Å². The van der Waals surface area contributed by atoms with Crippen LogP contribution in [0, 0.1) is 0 Å². The smallest absolute Gasteiger partial charge is 0.344 e. The molecule has 7 nitrogen and oxygen atoms in total. The third-order valence-electron chi connectivity index (χ3n) is 0. The van der Waals surface area contributed by atoms with Gasteiger partial charge in [-0.15, -0.1) is 0 Å². The van der Waals surface area contributed by atoms with Crippen LogP contribution >= 0.6 is 0 Å². The molecule has 0 spiro atoms. The summed E-state index contributed by atoms with van der Waals surface area (Å²) in [6.45, 7) is 0. The molecule has 0 aliphatic rings. The SMILES string of the molecule is N.N.N.OO.OO.[Cr+3]. The molecule has 0 aromatic carbocycles. The second kappa shape index (κ2) is 4450. The van der Waals surface area contributed by atoms with Crippen molar-refractivity contribution in [1.82, 2.24) is 18.5 Å². The minimum Gasteiger partial charge on any atom is -0.344 e. The average molecular weight is 171 g/mol. The van der Waals surface area contributed by atoms with Gasteiger partial charge in [0.15, 0.2) is 0 Å². The van der Waals surface area contributed by atoms with Crippen LogP contribution in [0.15, 0.2) is 0 Å². The Morgan fingerprint density at radius 1 is 0.500 bits per heavy atom. The predicted octanol–water partition coefficient (Wildman–Crippen LogP) is 0.518. The first-order valence-electron chi connectivity index (χ1n) is 0.400. The Morgan fingerprint density at radius 2 is 0.500 bits per heavy atom. The van der Waals surface area contributed by atoms with Gasteiger partial charge in [0.05, 0.1) is 0 Å². The predicted molar refractivity (Wildman–Crippen MR) is 25.6 cm³/mol. The second-order valence-electron chi connectivity index (χ2n) is 0. The van der Waals surface area contributed by atoms with Crippen LogP contribution in [0.3, 0.4) is 0 Å². The molecule has 0 bridgehead atoms. The molecule has 0 unspecified atom stereocenters. The van der Waals surface area contributed by atoms with Gasteiger partial charge >= 0.3 is 17.4 Å². The Hall–Kier alpha value is 0.252. The zero-order valence-corrected chi connectivity index (χ0v) is 5.59. The Kier molecular flexibility index (Phi) is 47600. The van der Waals surface area contributed by atoms with E-state index in [2.05, 4.69) is 0 Å². The molecule has 1 radical (unpaired) electrons. The molecule has 0 atom stereocenters. The van der Waals surface area contributed by atoms with E-state index >= 15 is 0 Å². The van der Waals surface area contributed by atoms with Gasteiger partial charge in [0.2, 0.25) is 0 Å². The maximum Gasteiger partial charge on any atom is 3.00 e. The van der Waals surface area contributed by atoms with E-state index in [9.17, 15) is 0 Å². The topological polar surface area (TPSA) is 186 Å². The van der Waals surface area contributed by atoms with Crippen molar-refractivity contribution in [3.8, 4) is 0 Å². The van der Waals surface area contributed by atoms with Gasteiger partial charge in [-0.3, -0.25) is 21.0 Å². The summed E-state index contributed by atoms with van der Waals surface area (Å²) in [6, 6.07) is 0. The van der Waals surface area contributed by atoms with Crippen LogP contribution in [0.5, 0.6) is 0 Å². The molecule has 0 aliphatic carbocycles. The van der Waals surface area contributed by atoms with E-state index in [0.717, 1.165) is 0 Å². The molecule has 8 heteroatoms. The summed E-state index contributed by atoms with van der Waals surface area (Å²) in [5.41, 5.74) is 0. The van der Waals surface area contributed by atoms with Crippen molar-refractivity contribution < 1.29 is 38.4 Å². The second-order valence-corrected chi connectivity index (χ2v) is 0. The van der Waals surface area contributed by atoms with E-state index in [1.807, 2.05) is 0 Å². The maximum absolute atomic E-state index is 6.00. The summed E-state index contributed by atoms with van der Waals surface area (Å²) in [7, 11) is 0. The summed E-state index contributed by atoms with van der Waals surface area (Å²) in [4.78, 5) is 0. The molecule has 0 aromatic heterocycles. The quantitative estimate of drug-likeness (QED) is 0.204. The third kappa shape index (κ3) is 2710. The van der Waals surface area contributed by atoms with Crippen LogP contribution in [0.2, 0.25) is 0 Å². The van der Waals surface area contributed by atoms with Gasteiger partial charge in [0.1, 0.15) is 0 Å². The van der Waals surface area contributed by atoms with E-state index in [-0.39, 0.29) is 35.8 Å². The Labute approximate surface area is 57.7 Å². The van der Waals surface area contributed by atoms with Crippen molar-refractivity contribution in [2.45, 2.75) is 0 Å². The van der Waals surface area contributed by atoms with Crippen molar-refractivity contribution in [2.75, 3.05) is 0 Å². The van der Waals surface area contributed by atoms with Crippen molar-refractivity contribution in [1.29, 1.82) is 0 Å². The fourth-order valence-corrected chi connectivity index (χ4v) is 0. The van der Waals surface area contributed by atoms with Gasteiger partial charge < -0.3 is 18.5 Å². The van der Waals surface area contributed by atoms with Crippen molar-refractivity contribution >= 4 is 0 Å².